The molecule has 26 heavy (non-hydrogen) atoms. The van der Waals surface area contributed by atoms with Gasteiger partial charge < -0.3 is 10.6 Å². The van der Waals surface area contributed by atoms with Crippen LogP contribution in [0.5, 0.6) is 0 Å². The van der Waals surface area contributed by atoms with E-state index in [1.54, 1.807) is 12.1 Å². The van der Waals surface area contributed by atoms with Crippen molar-refractivity contribution in [2.45, 2.75) is 45.7 Å². The molecule has 2 atom stereocenters. The van der Waals surface area contributed by atoms with Crippen LogP contribution < -0.4 is 10.6 Å². The Hall–Kier alpha value is -2.62. The highest BCUT2D eigenvalue weighted by Crippen LogP contribution is 2.30. The lowest BCUT2D eigenvalue weighted by molar-refractivity contribution is -0.124. The third kappa shape index (κ3) is 3.96. The zero-order valence-electron chi connectivity index (χ0n) is 15.6. The van der Waals surface area contributed by atoms with Gasteiger partial charge in [-0.15, -0.1) is 0 Å². The van der Waals surface area contributed by atoms with Gasteiger partial charge in [0, 0.05) is 5.56 Å². The van der Waals surface area contributed by atoms with Crippen LogP contribution in [0.3, 0.4) is 0 Å². The molecular weight excluding hydrogens is 324 g/mol. The summed E-state index contributed by atoms with van der Waals surface area (Å²) in [6.07, 6.45) is 1.88. The predicted octanol–water partition coefficient (Wildman–Crippen LogP) is 3.55. The topological polar surface area (TPSA) is 58.2 Å². The van der Waals surface area contributed by atoms with Gasteiger partial charge in [-0.1, -0.05) is 55.8 Å². The predicted molar refractivity (Wildman–Crippen MR) is 103 cm³/mol. The number of hydrogen-bond acceptors (Lipinski definition) is 2. The smallest absolute Gasteiger partial charge is 0.251 e. The van der Waals surface area contributed by atoms with Crippen molar-refractivity contribution in [1.82, 2.24) is 10.6 Å². The maximum Gasteiger partial charge on any atom is 0.251 e. The van der Waals surface area contributed by atoms with Crippen LogP contribution in [0.2, 0.25) is 0 Å². The number of benzene rings is 2. The molecule has 2 unspecified atom stereocenters. The van der Waals surface area contributed by atoms with Gasteiger partial charge in [0.15, 0.2) is 0 Å². The van der Waals surface area contributed by atoms with E-state index >= 15 is 0 Å². The second-order valence-electron chi connectivity index (χ2n) is 7.36. The molecule has 0 fully saturated rings. The van der Waals surface area contributed by atoms with Gasteiger partial charge in [0.2, 0.25) is 5.91 Å². The minimum atomic E-state index is -0.559. The highest BCUT2D eigenvalue weighted by Gasteiger charge is 2.29. The Morgan fingerprint density at radius 2 is 1.73 bits per heavy atom. The molecule has 2 aromatic rings. The zero-order chi connectivity index (χ0) is 18.7. The Labute approximate surface area is 155 Å². The third-order valence-electron chi connectivity index (χ3n) is 5.00. The number of hydrogen-bond donors (Lipinski definition) is 2. The van der Waals surface area contributed by atoms with Gasteiger partial charge in [-0.3, -0.25) is 9.59 Å². The molecule has 0 aliphatic heterocycles. The number of rotatable bonds is 5. The van der Waals surface area contributed by atoms with Gasteiger partial charge in [-0.05, 0) is 48.9 Å². The molecule has 0 bridgehead atoms. The number of aryl methyl sites for hydroxylation is 2. The normalized spacial score (nSPS) is 16.8. The molecule has 1 aliphatic rings. The summed E-state index contributed by atoms with van der Waals surface area (Å²) in [4.78, 5) is 25.4. The summed E-state index contributed by atoms with van der Waals surface area (Å²) >= 11 is 0. The molecule has 136 valence electrons. The van der Waals surface area contributed by atoms with Crippen molar-refractivity contribution in [3.63, 3.8) is 0 Å². The second-order valence-corrected chi connectivity index (χ2v) is 7.36. The molecule has 2 amide bonds. The molecule has 2 aromatic carbocycles. The monoisotopic (exact) mass is 350 g/mol. The van der Waals surface area contributed by atoms with Crippen LogP contribution in [0.4, 0.5) is 0 Å². The van der Waals surface area contributed by atoms with Crippen LogP contribution in [0.1, 0.15) is 53.4 Å². The molecule has 0 radical (unpaired) electrons. The summed E-state index contributed by atoms with van der Waals surface area (Å²) in [5.41, 5.74) is 4.15. The van der Waals surface area contributed by atoms with E-state index in [-0.39, 0.29) is 23.8 Å². The standard InChI is InChI=1S/C22H26N2O2/c1-14(2)20(24-21(25)17-10-8-15(3)9-11-17)22(26)23-19-13-12-16-6-4-5-7-18(16)19/h4-11,14,19-20H,12-13H2,1-3H3,(H,23,26)(H,24,25). The number of carbonyl (C=O) groups excluding carboxylic acids is 2. The molecule has 2 N–H and O–H groups in total. The Kier molecular flexibility index (Phi) is 5.40. The first-order valence-corrected chi connectivity index (χ1v) is 9.21. The lowest BCUT2D eigenvalue weighted by atomic mass is 10.0. The van der Waals surface area contributed by atoms with Crippen LogP contribution in [0.25, 0.3) is 0 Å². The highest BCUT2D eigenvalue weighted by molar-refractivity contribution is 5.97. The second kappa shape index (κ2) is 7.73. The molecule has 3 rings (SSSR count). The van der Waals surface area contributed by atoms with Gasteiger partial charge in [-0.25, -0.2) is 0 Å². The molecule has 0 saturated carbocycles. The van der Waals surface area contributed by atoms with Gasteiger partial charge in [0.1, 0.15) is 6.04 Å². The fraction of sp³-hybridized carbons (Fsp3) is 0.364. The van der Waals surface area contributed by atoms with E-state index in [1.165, 1.54) is 11.1 Å². The van der Waals surface area contributed by atoms with Crippen molar-refractivity contribution in [1.29, 1.82) is 0 Å². The summed E-state index contributed by atoms with van der Waals surface area (Å²) in [5.74, 6) is -0.339. The average molecular weight is 350 g/mol. The van der Waals surface area contributed by atoms with Gasteiger partial charge >= 0.3 is 0 Å². The average Bonchev–Trinajstić information content (AvgIpc) is 3.02. The van der Waals surface area contributed by atoms with Gasteiger partial charge in [0.25, 0.3) is 5.91 Å². The lowest BCUT2D eigenvalue weighted by Gasteiger charge is -2.24. The van der Waals surface area contributed by atoms with Crippen molar-refractivity contribution >= 4 is 11.8 Å². The van der Waals surface area contributed by atoms with Crippen molar-refractivity contribution in [2.24, 2.45) is 5.92 Å². The first-order valence-electron chi connectivity index (χ1n) is 9.21. The van der Waals surface area contributed by atoms with Crippen LogP contribution >= 0.6 is 0 Å². The van der Waals surface area contributed by atoms with Crippen LogP contribution in [-0.2, 0) is 11.2 Å². The minimum absolute atomic E-state index is 0.000968. The third-order valence-corrected chi connectivity index (χ3v) is 5.00. The van der Waals surface area contributed by atoms with E-state index in [0.717, 1.165) is 18.4 Å². The van der Waals surface area contributed by atoms with Crippen molar-refractivity contribution in [3.8, 4) is 0 Å². The molecule has 0 spiro atoms. The molecule has 0 aromatic heterocycles. The van der Waals surface area contributed by atoms with Crippen molar-refractivity contribution < 1.29 is 9.59 Å². The summed E-state index contributed by atoms with van der Waals surface area (Å²) in [7, 11) is 0. The molecule has 0 saturated heterocycles. The highest BCUT2D eigenvalue weighted by atomic mass is 16.2. The molecular formula is C22H26N2O2. The number of fused-ring (bicyclic) bond motifs is 1. The first kappa shape index (κ1) is 18.2. The molecule has 0 heterocycles. The largest absolute Gasteiger partial charge is 0.347 e. The molecule has 4 heteroatoms. The quantitative estimate of drug-likeness (QED) is 0.866. The Morgan fingerprint density at radius 1 is 1.04 bits per heavy atom. The maximum absolute atomic E-state index is 12.8. The summed E-state index contributed by atoms with van der Waals surface area (Å²) < 4.78 is 0. The zero-order valence-corrected chi connectivity index (χ0v) is 15.6. The number of carbonyl (C=O) groups is 2. The summed E-state index contributed by atoms with van der Waals surface area (Å²) in [5, 5.41) is 6.03. The summed E-state index contributed by atoms with van der Waals surface area (Å²) in [6, 6.07) is 15.0. The van der Waals surface area contributed by atoms with Crippen LogP contribution in [0, 0.1) is 12.8 Å². The number of amides is 2. The maximum atomic E-state index is 12.8. The lowest BCUT2D eigenvalue weighted by Crippen LogP contribution is -2.50. The van der Waals surface area contributed by atoms with E-state index in [2.05, 4.69) is 22.8 Å². The fourth-order valence-electron chi connectivity index (χ4n) is 3.43. The van der Waals surface area contributed by atoms with Crippen molar-refractivity contribution in [3.05, 3.63) is 70.8 Å². The van der Waals surface area contributed by atoms with E-state index in [1.807, 2.05) is 45.0 Å². The van der Waals surface area contributed by atoms with Crippen LogP contribution in [0.15, 0.2) is 48.5 Å². The van der Waals surface area contributed by atoms with Crippen LogP contribution in [-0.4, -0.2) is 17.9 Å². The van der Waals surface area contributed by atoms with Gasteiger partial charge in [-0.2, -0.15) is 0 Å². The van der Waals surface area contributed by atoms with E-state index in [4.69, 9.17) is 0 Å². The van der Waals surface area contributed by atoms with E-state index in [0.29, 0.717) is 5.56 Å². The Balaban J connectivity index is 1.69. The Bertz CT molecular complexity index is 796. The first-order chi connectivity index (χ1) is 12.5. The molecule has 4 nitrogen and oxygen atoms in total. The van der Waals surface area contributed by atoms with Crippen molar-refractivity contribution in [2.75, 3.05) is 0 Å². The van der Waals surface area contributed by atoms with E-state index < -0.39 is 6.04 Å². The van der Waals surface area contributed by atoms with Gasteiger partial charge in [0.05, 0.1) is 6.04 Å². The van der Waals surface area contributed by atoms with E-state index in [9.17, 15) is 9.59 Å². The number of nitrogens with one attached hydrogen (secondary N) is 2. The Morgan fingerprint density at radius 3 is 2.42 bits per heavy atom. The fourth-order valence-corrected chi connectivity index (χ4v) is 3.43. The molecule has 1 aliphatic carbocycles. The minimum Gasteiger partial charge on any atom is -0.347 e. The SMILES string of the molecule is Cc1ccc(C(=O)NC(C(=O)NC2CCc3ccccc32)C(C)C)cc1. The summed E-state index contributed by atoms with van der Waals surface area (Å²) in [6.45, 7) is 5.87.